The molecule has 148 valence electrons. The van der Waals surface area contributed by atoms with Crippen LogP contribution in [0, 0.1) is 0 Å². The predicted molar refractivity (Wildman–Crippen MR) is 111 cm³/mol. The van der Waals surface area contributed by atoms with Gasteiger partial charge in [0.1, 0.15) is 12.2 Å². The molecule has 3 unspecified atom stereocenters. The Kier molecular flexibility index (Phi) is 7.46. The Hall–Kier alpha value is -0.713. The van der Waals surface area contributed by atoms with Crippen molar-refractivity contribution in [2.75, 3.05) is 0 Å². The van der Waals surface area contributed by atoms with Crippen molar-refractivity contribution in [3.63, 3.8) is 0 Å². The van der Waals surface area contributed by atoms with E-state index in [1.165, 1.54) is 38.5 Å². The van der Waals surface area contributed by atoms with E-state index in [0.717, 1.165) is 12.0 Å². The highest BCUT2D eigenvalue weighted by Gasteiger charge is 2.55. The molecule has 0 bridgehead atoms. The maximum atomic E-state index is 12.4. The minimum absolute atomic E-state index is 0.0626. The van der Waals surface area contributed by atoms with Crippen molar-refractivity contribution in [2.45, 2.75) is 109 Å². The molecule has 1 heterocycles. The highest BCUT2D eigenvalue weighted by atomic mass is 28.4. The van der Waals surface area contributed by atoms with Gasteiger partial charge in [-0.2, -0.15) is 0 Å². The Labute approximate surface area is 161 Å². The highest BCUT2D eigenvalue weighted by molar-refractivity contribution is 6.74. The van der Waals surface area contributed by atoms with E-state index in [4.69, 9.17) is 9.16 Å². The number of ketones is 1. The zero-order valence-electron chi connectivity index (χ0n) is 17.6. The molecule has 2 rings (SSSR count). The minimum atomic E-state index is -1.88. The zero-order valence-corrected chi connectivity index (χ0v) is 18.6. The molecule has 3 atom stereocenters. The Morgan fingerprint density at radius 1 is 1.15 bits per heavy atom. The van der Waals surface area contributed by atoms with Gasteiger partial charge in [-0.05, 0) is 37.0 Å². The van der Waals surface area contributed by atoms with Crippen molar-refractivity contribution >= 4 is 14.1 Å². The Balaban J connectivity index is 1.88. The number of rotatable bonds is 10. The van der Waals surface area contributed by atoms with Crippen LogP contribution in [0.5, 0.6) is 0 Å². The van der Waals surface area contributed by atoms with Crippen LogP contribution in [0.2, 0.25) is 18.1 Å². The molecule has 0 aromatic carbocycles. The third kappa shape index (κ3) is 5.64. The highest BCUT2D eigenvalue weighted by Crippen LogP contribution is 2.42. The fourth-order valence-electron chi connectivity index (χ4n) is 3.11. The van der Waals surface area contributed by atoms with Crippen LogP contribution in [-0.2, 0) is 14.0 Å². The van der Waals surface area contributed by atoms with Gasteiger partial charge in [0.05, 0.1) is 6.10 Å². The molecule has 4 heteroatoms. The lowest BCUT2D eigenvalue weighted by atomic mass is 9.95. The maximum absolute atomic E-state index is 12.4. The molecular weight excluding hydrogens is 340 g/mol. The average Bonchev–Trinajstić information content (AvgIpc) is 3.34. The third-order valence-corrected chi connectivity index (χ3v) is 10.5. The number of carbonyl (C=O) groups excluding carboxylic acids is 1. The van der Waals surface area contributed by atoms with Gasteiger partial charge in [0.2, 0.25) is 0 Å². The quantitative estimate of drug-likeness (QED) is 0.267. The number of carbonyl (C=O) groups is 1. The zero-order chi connectivity index (χ0) is 19.4. The van der Waals surface area contributed by atoms with Gasteiger partial charge in [0.25, 0.3) is 0 Å². The van der Waals surface area contributed by atoms with E-state index >= 15 is 0 Å². The van der Waals surface area contributed by atoms with Gasteiger partial charge in [0, 0.05) is 5.57 Å². The van der Waals surface area contributed by atoms with Crippen molar-refractivity contribution in [3.8, 4) is 0 Å². The van der Waals surface area contributed by atoms with Crippen LogP contribution in [0.3, 0.4) is 0 Å². The van der Waals surface area contributed by atoms with Crippen molar-refractivity contribution < 1.29 is 14.0 Å². The van der Waals surface area contributed by atoms with E-state index < -0.39 is 8.32 Å². The van der Waals surface area contributed by atoms with Crippen LogP contribution in [0.4, 0.5) is 0 Å². The molecule has 1 aliphatic heterocycles. The van der Waals surface area contributed by atoms with E-state index in [-0.39, 0.29) is 29.1 Å². The molecule has 1 aliphatic carbocycles. The summed E-state index contributed by atoms with van der Waals surface area (Å²) >= 11 is 0. The van der Waals surface area contributed by atoms with E-state index in [0.29, 0.717) is 0 Å². The largest absolute Gasteiger partial charge is 0.408 e. The van der Waals surface area contributed by atoms with Crippen LogP contribution >= 0.6 is 0 Å². The lowest BCUT2D eigenvalue weighted by Crippen LogP contribution is -2.46. The molecule has 0 spiro atoms. The second-order valence-corrected chi connectivity index (χ2v) is 14.1. The number of epoxide rings is 1. The molecule has 1 fully saturated rings. The van der Waals surface area contributed by atoms with Gasteiger partial charge in [-0.15, -0.1) is 0 Å². The first kappa shape index (κ1) is 21.6. The normalized spacial score (nSPS) is 26.2. The van der Waals surface area contributed by atoms with Crippen LogP contribution in [0.1, 0.15) is 72.6 Å². The number of hydrogen-bond donors (Lipinski definition) is 0. The number of unbranched alkanes of at least 4 members (excludes halogenated alkanes) is 6. The molecule has 0 N–H and O–H groups in total. The molecule has 3 nitrogen and oxygen atoms in total. The molecule has 0 amide bonds. The lowest BCUT2D eigenvalue weighted by Gasteiger charge is -2.38. The summed E-state index contributed by atoms with van der Waals surface area (Å²) in [6.45, 7) is 13.5. The number of ether oxygens (including phenoxy) is 1. The summed E-state index contributed by atoms with van der Waals surface area (Å²) in [5.74, 6) is 0.129. The minimum Gasteiger partial charge on any atom is -0.408 e. The maximum Gasteiger partial charge on any atom is 0.194 e. The Bertz CT molecular complexity index is 542. The van der Waals surface area contributed by atoms with Crippen LogP contribution in [-0.4, -0.2) is 32.4 Å². The molecule has 2 aliphatic rings. The van der Waals surface area contributed by atoms with Gasteiger partial charge in [-0.1, -0.05) is 72.0 Å². The summed E-state index contributed by atoms with van der Waals surface area (Å²) in [7, 11) is -1.88. The summed E-state index contributed by atoms with van der Waals surface area (Å²) in [6, 6.07) is 0. The molecule has 0 aromatic heterocycles. The number of Topliss-reactive ketones (excluding diaryl/α,β-unsaturated/α-hetero) is 1. The van der Waals surface area contributed by atoms with Crippen LogP contribution in [0.25, 0.3) is 0 Å². The smallest absolute Gasteiger partial charge is 0.194 e. The van der Waals surface area contributed by atoms with Crippen LogP contribution < -0.4 is 0 Å². The summed E-state index contributed by atoms with van der Waals surface area (Å²) in [5.41, 5.74) is 0.776. The standard InChI is InChI=1S/C22H38O3Si/c1-7-8-9-10-11-12-13-14-15-17-16-18(20-21(24-20)19(17)23)25-26(5,6)22(2,3)4/h14-16,18,20-21H,7-13H2,1-6H3. The third-order valence-electron chi connectivity index (χ3n) is 5.99. The molecule has 26 heavy (non-hydrogen) atoms. The van der Waals surface area contributed by atoms with Gasteiger partial charge in [-0.3, -0.25) is 4.79 Å². The van der Waals surface area contributed by atoms with E-state index in [1.807, 2.05) is 12.2 Å². The van der Waals surface area contributed by atoms with Gasteiger partial charge in [0.15, 0.2) is 14.1 Å². The Morgan fingerprint density at radius 3 is 2.46 bits per heavy atom. The van der Waals surface area contributed by atoms with Gasteiger partial charge >= 0.3 is 0 Å². The lowest BCUT2D eigenvalue weighted by molar-refractivity contribution is -0.116. The number of allylic oxidation sites excluding steroid dienone is 2. The molecule has 0 saturated carbocycles. The Morgan fingerprint density at radius 2 is 1.81 bits per heavy atom. The first-order valence-corrected chi connectivity index (χ1v) is 13.3. The average molecular weight is 379 g/mol. The van der Waals surface area contributed by atoms with Gasteiger partial charge < -0.3 is 9.16 Å². The second kappa shape index (κ2) is 8.98. The second-order valence-electron chi connectivity index (χ2n) is 9.31. The summed E-state index contributed by atoms with van der Waals surface area (Å²) < 4.78 is 12.1. The van der Waals surface area contributed by atoms with Gasteiger partial charge in [-0.25, -0.2) is 0 Å². The monoisotopic (exact) mass is 378 g/mol. The fraction of sp³-hybridized carbons (Fsp3) is 0.773. The SMILES string of the molecule is CCCCCCCCC=CC1=CC(O[Si](C)(C)C(C)(C)C)C2OC2C1=O. The predicted octanol–water partition coefficient (Wildman–Crippen LogP) is 5.96. The van der Waals surface area contributed by atoms with Crippen molar-refractivity contribution in [1.82, 2.24) is 0 Å². The summed E-state index contributed by atoms with van der Waals surface area (Å²) in [6.07, 6.45) is 14.6. The first-order valence-electron chi connectivity index (χ1n) is 10.4. The summed E-state index contributed by atoms with van der Waals surface area (Å²) in [4.78, 5) is 12.4. The molecule has 1 saturated heterocycles. The fourth-order valence-corrected chi connectivity index (χ4v) is 4.35. The van der Waals surface area contributed by atoms with E-state index in [9.17, 15) is 4.79 Å². The number of fused-ring (bicyclic) bond motifs is 1. The summed E-state index contributed by atoms with van der Waals surface area (Å²) in [5, 5.41) is 0.153. The van der Waals surface area contributed by atoms with Crippen molar-refractivity contribution in [3.05, 3.63) is 23.8 Å². The van der Waals surface area contributed by atoms with E-state index in [2.05, 4.69) is 46.9 Å². The number of hydrogen-bond acceptors (Lipinski definition) is 3. The van der Waals surface area contributed by atoms with Crippen molar-refractivity contribution in [2.24, 2.45) is 0 Å². The molecule has 0 aromatic rings. The van der Waals surface area contributed by atoms with Crippen molar-refractivity contribution in [1.29, 1.82) is 0 Å². The molecule has 0 radical (unpaired) electrons. The topological polar surface area (TPSA) is 38.8 Å². The van der Waals surface area contributed by atoms with E-state index in [1.54, 1.807) is 0 Å². The van der Waals surface area contributed by atoms with Crippen LogP contribution in [0.15, 0.2) is 23.8 Å². The molecular formula is C22H38O3Si. The first-order chi connectivity index (χ1) is 12.2.